The van der Waals surface area contributed by atoms with E-state index in [-0.39, 0.29) is 17.8 Å². The standard InChI is InChI=1S/C20H22FNO3S/c1-5-16-13(4)26-19(18(16)20(24)25-12(2)3)22-17(23)11-8-14-6-9-15(21)10-7-14/h6-12H,5H2,1-4H3,(H,22,23)/b11-8-. The van der Waals surface area contributed by atoms with E-state index in [2.05, 4.69) is 5.32 Å². The predicted molar refractivity (Wildman–Crippen MR) is 103 cm³/mol. The van der Waals surface area contributed by atoms with Crippen molar-refractivity contribution in [3.05, 3.63) is 57.7 Å². The minimum absolute atomic E-state index is 0.241. The summed E-state index contributed by atoms with van der Waals surface area (Å²) >= 11 is 1.36. The third-order valence-electron chi connectivity index (χ3n) is 3.64. The molecule has 2 rings (SSSR count). The van der Waals surface area contributed by atoms with Crippen molar-refractivity contribution in [3.63, 3.8) is 0 Å². The molecule has 4 nitrogen and oxygen atoms in total. The summed E-state index contributed by atoms with van der Waals surface area (Å²) in [5.41, 5.74) is 2.02. The Balaban J connectivity index is 2.21. The molecule has 0 saturated carbocycles. The van der Waals surface area contributed by atoms with Crippen LogP contribution in [0, 0.1) is 12.7 Å². The molecule has 1 amide bonds. The van der Waals surface area contributed by atoms with Crippen LogP contribution in [0.15, 0.2) is 30.3 Å². The Hall–Kier alpha value is -2.47. The van der Waals surface area contributed by atoms with Crippen LogP contribution < -0.4 is 5.32 Å². The van der Waals surface area contributed by atoms with Gasteiger partial charge in [0.15, 0.2) is 0 Å². The number of hydrogen-bond acceptors (Lipinski definition) is 4. The molecule has 0 bridgehead atoms. The summed E-state index contributed by atoms with van der Waals surface area (Å²) < 4.78 is 18.2. The van der Waals surface area contributed by atoms with Crippen LogP contribution >= 0.6 is 11.3 Å². The number of benzene rings is 1. The second-order valence-electron chi connectivity index (χ2n) is 6.02. The van der Waals surface area contributed by atoms with E-state index in [0.717, 1.165) is 10.4 Å². The largest absolute Gasteiger partial charge is 0.459 e. The van der Waals surface area contributed by atoms with Gasteiger partial charge in [0.2, 0.25) is 5.91 Å². The Kier molecular flexibility index (Phi) is 6.69. The third-order valence-corrected chi connectivity index (χ3v) is 4.71. The highest BCUT2D eigenvalue weighted by Crippen LogP contribution is 2.34. The lowest BCUT2D eigenvalue weighted by atomic mass is 10.1. The Bertz CT molecular complexity index is 822. The molecule has 0 radical (unpaired) electrons. The van der Waals surface area contributed by atoms with E-state index in [4.69, 9.17) is 4.74 Å². The van der Waals surface area contributed by atoms with Crippen molar-refractivity contribution in [2.75, 3.05) is 5.32 Å². The van der Waals surface area contributed by atoms with Crippen molar-refractivity contribution in [2.45, 2.75) is 40.2 Å². The van der Waals surface area contributed by atoms with Crippen molar-refractivity contribution >= 4 is 34.3 Å². The van der Waals surface area contributed by atoms with Gasteiger partial charge in [-0.2, -0.15) is 0 Å². The highest BCUT2D eigenvalue weighted by Gasteiger charge is 2.23. The lowest BCUT2D eigenvalue weighted by Gasteiger charge is -2.10. The minimum atomic E-state index is -0.431. The Morgan fingerprint density at radius 1 is 1.27 bits per heavy atom. The van der Waals surface area contributed by atoms with Crippen molar-refractivity contribution in [1.82, 2.24) is 0 Å². The van der Waals surface area contributed by atoms with Gasteiger partial charge in [0.1, 0.15) is 10.8 Å². The Morgan fingerprint density at radius 3 is 2.50 bits per heavy atom. The molecule has 2 aromatic rings. The van der Waals surface area contributed by atoms with Crippen molar-refractivity contribution < 1.29 is 18.7 Å². The molecule has 0 unspecified atom stereocenters. The molecule has 0 spiro atoms. The van der Waals surface area contributed by atoms with Crippen LogP contribution in [0.5, 0.6) is 0 Å². The van der Waals surface area contributed by atoms with E-state index in [1.807, 2.05) is 13.8 Å². The van der Waals surface area contributed by atoms with Crippen LogP contribution in [0.2, 0.25) is 0 Å². The average molecular weight is 375 g/mol. The first-order valence-corrected chi connectivity index (χ1v) is 9.21. The lowest BCUT2D eigenvalue weighted by molar-refractivity contribution is -0.111. The van der Waals surface area contributed by atoms with Gasteiger partial charge in [-0.3, -0.25) is 4.79 Å². The molecule has 0 fully saturated rings. The first kappa shape index (κ1) is 19.8. The molecule has 1 heterocycles. The summed E-state index contributed by atoms with van der Waals surface area (Å²) in [5.74, 6) is -1.13. The maximum atomic E-state index is 12.9. The van der Waals surface area contributed by atoms with Crippen LogP contribution in [-0.4, -0.2) is 18.0 Å². The van der Waals surface area contributed by atoms with Crippen LogP contribution in [0.4, 0.5) is 9.39 Å². The molecule has 0 aliphatic heterocycles. The quantitative estimate of drug-likeness (QED) is 0.572. The van der Waals surface area contributed by atoms with Crippen LogP contribution in [0.1, 0.15) is 47.1 Å². The lowest BCUT2D eigenvalue weighted by Crippen LogP contribution is -2.16. The number of anilines is 1. The monoisotopic (exact) mass is 375 g/mol. The number of carbonyl (C=O) groups excluding carboxylic acids is 2. The number of amides is 1. The fourth-order valence-electron chi connectivity index (χ4n) is 2.48. The van der Waals surface area contributed by atoms with Crippen LogP contribution in [0.3, 0.4) is 0 Å². The van der Waals surface area contributed by atoms with Gasteiger partial charge in [0.05, 0.1) is 11.7 Å². The first-order valence-electron chi connectivity index (χ1n) is 8.39. The predicted octanol–water partition coefficient (Wildman–Crippen LogP) is 4.98. The van der Waals surface area contributed by atoms with E-state index in [0.29, 0.717) is 22.5 Å². The summed E-state index contributed by atoms with van der Waals surface area (Å²) in [6, 6.07) is 5.81. The number of ether oxygens (including phenoxy) is 1. The number of carbonyl (C=O) groups is 2. The van der Waals surface area contributed by atoms with Gasteiger partial charge in [0.25, 0.3) is 0 Å². The van der Waals surface area contributed by atoms with Gasteiger partial charge >= 0.3 is 5.97 Å². The number of aryl methyl sites for hydroxylation is 1. The number of esters is 1. The SMILES string of the molecule is CCc1c(C)sc(NC(=O)/C=C\c2ccc(F)cc2)c1C(=O)OC(C)C. The van der Waals surface area contributed by atoms with Crippen molar-refractivity contribution in [1.29, 1.82) is 0 Å². The Morgan fingerprint density at radius 2 is 1.92 bits per heavy atom. The molecule has 6 heteroatoms. The molecule has 0 aliphatic carbocycles. The highest BCUT2D eigenvalue weighted by atomic mass is 32.1. The number of hydrogen-bond donors (Lipinski definition) is 1. The summed E-state index contributed by atoms with van der Waals surface area (Å²) in [6.07, 6.45) is 3.37. The number of nitrogens with one attached hydrogen (secondary N) is 1. The molecule has 0 aliphatic rings. The molecule has 1 aromatic heterocycles. The maximum absolute atomic E-state index is 12.9. The number of halogens is 1. The highest BCUT2D eigenvalue weighted by molar-refractivity contribution is 7.16. The summed E-state index contributed by atoms with van der Waals surface area (Å²) in [6.45, 7) is 7.44. The zero-order chi connectivity index (χ0) is 19.3. The van der Waals surface area contributed by atoms with Gasteiger partial charge in [0, 0.05) is 11.0 Å². The van der Waals surface area contributed by atoms with Gasteiger partial charge < -0.3 is 10.1 Å². The molecule has 1 N–H and O–H groups in total. The Labute approximate surface area is 156 Å². The van der Waals surface area contributed by atoms with E-state index >= 15 is 0 Å². The average Bonchev–Trinajstić information content (AvgIpc) is 2.88. The van der Waals surface area contributed by atoms with Crippen molar-refractivity contribution in [2.24, 2.45) is 0 Å². The fraction of sp³-hybridized carbons (Fsp3) is 0.300. The first-order chi connectivity index (χ1) is 12.3. The molecule has 0 atom stereocenters. The molecular formula is C20H22FNO3S. The van der Waals surface area contributed by atoms with E-state index in [1.54, 1.807) is 32.1 Å². The minimum Gasteiger partial charge on any atom is -0.459 e. The summed E-state index contributed by atoms with van der Waals surface area (Å²) in [5, 5.41) is 3.24. The summed E-state index contributed by atoms with van der Waals surface area (Å²) in [4.78, 5) is 25.7. The zero-order valence-electron chi connectivity index (χ0n) is 15.3. The van der Waals surface area contributed by atoms with E-state index in [9.17, 15) is 14.0 Å². The van der Waals surface area contributed by atoms with Gasteiger partial charge in [-0.05, 0) is 56.5 Å². The second-order valence-corrected chi connectivity index (χ2v) is 7.25. The van der Waals surface area contributed by atoms with Crippen molar-refractivity contribution in [3.8, 4) is 0 Å². The van der Waals surface area contributed by atoms with Crippen LogP contribution in [-0.2, 0) is 16.0 Å². The van der Waals surface area contributed by atoms with Gasteiger partial charge in [-0.1, -0.05) is 19.1 Å². The fourth-order valence-corrected chi connectivity index (χ4v) is 3.62. The number of thiophene rings is 1. The molecule has 0 saturated heterocycles. The summed E-state index contributed by atoms with van der Waals surface area (Å²) in [7, 11) is 0. The van der Waals surface area contributed by atoms with Gasteiger partial charge in [-0.25, -0.2) is 9.18 Å². The molecular weight excluding hydrogens is 353 g/mol. The zero-order valence-corrected chi connectivity index (χ0v) is 16.1. The van der Waals surface area contributed by atoms with E-state index < -0.39 is 5.97 Å². The topological polar surface area (TPSA) is 55.4 Å². The maximum Gasteiger partial charge on any atom is 0.341 e. The van der Waals surface area contributed by atoms with E-state index in [1.165, 1.54) is 29.5 Å². The van der Waals surface area contributed by atoms with Crippen LogP contribution in [0.25, 0.3) is 6.08 Å². The molecule has 26 heavy (non-hydrogen) atoms. The van der Waals surface area contributed by atoms with Gasteiger partial charge in [-0.15, -0.1) is 11.3 Å². The number of rotatable bonds is 6. The second kappa shape index (κ2) is 8.76. The smallest absolute Gasteiger partial charge is 0.341 e. The molecule has 1 aromatic carbocycles. The normalized spacial score (nSPS) is 11.2. The third kappa shape index (κ3) is 5.02. The molecule has 138 valence electrons.